The summed E-state index contributed by atoms with van der Waals surface area (Å²) in [5.41, 5.74) is 1.84. The average molecular weight is 538 g/mol. The van der Waals surface area contributed by atoms with Crippen LogP contribution in [0.2, 0.25) is 0 Å². The van der Waals surface area contributed by atoms with E-state index in [4.69, 9.17) is 9.84 Å². The highest BCUT2D eigenvalue weighted by Crippen LogP contribution is 2.42. The number of aromatic nitrogens is 7. The molecular formula is C25H31N9O3S. The standard InChI is InChI=1S/C25H29N9O3S.H2/c1-3-16(2)34-20-8-22(27-10-19(20)24(31-34)32-12-25(13-32)14-37-15-25)29-21-6-7-26-23(30-21)17-9-28-33(11-17)38(35,36)18-4-5-18;/h6-11,16,18H,3-5,12-15H2,1-2H3,(H,26,27,29,30);1H. The van der Waals surface area contributed by atoms with Gasteiger partial charge in [-0.1, -0.05) is 6.92 Å². The van der Waals surface area contributed by atoms with Crippen LogP contribution in [0.3, 0.4) is 0 Å². The summed E-state index contributed by atoms with van der Waals surface area (Å²) in [7, 11) is -3.45. The number of nitrogens with zero attached hydrogens (tertiary/aromatic N) is 8. The second kappa shape index (κ2) is 8.46. The minimum Gasteiger partial charge on any atom is -0.380 e. The topological polar surface area (TPSA) is 133 Å². The maximum absolute atomic E-state index is 12.5. The second-order valence-electron chi connectivity index (χ2n) is 10.7. The smallest absolute Gasteiger partial charge is 0.256 e. The van der Waals surface area contributed by atoms with Crippen molar-refractivity contribution in [2.75, 3.05) is 36.5 Å². The van der Waals surface area contributed by atoms with Gasteiger partial charge >= 0.3 is 0 Å². The van der Waals surface area contributed by atoms with Crippen LogP contribution in [-0.2, 0) is 14.8 Å². The highest BCUT2D eigenvalue weighted by atomic mass is 32.2. The fraction of sp³-hybridized carbons (Fsp3) is 0.480. The molecule has 1 unspecified atom stereocenters. The van der Waals surface area contributed by atoms with E-state index in [1.54, 1.807) is 12.3 Å². The van der Waals surface area contributed by atoms with E-state index in [-0.39, 0.29) is 12.7 Å². The zero-order chi connectivity index (χ0) is 26.1. The summed E-state index contributed by atoms with van der Waals surface area (Å²) < 4.78 is 33.5. The fourth-order valence-corrected chi connectivity index (χ4v) is 6.57. The molecule has 4 aromatic rings. The highest BCUT2D eigenvalue weighted by molar-refractivity contribution is 7.90. The van der Waals surface area contributed by atoms with Gasteiger partial charge in [-0.25, -0.2) is 23.4 Å². The van der Waals surface area contributed by atoms with E-state index in [0.717, 1.165) is 53.5 Å². The molecule has 0 bridgehead atoms. The molecule has 1 spiro atoms. The van der Waals surface area contributed by atoms with Crippen LogP contribution in [0.1, 0.15) is 40.6 Å². The number of hydrogen-bond acceptors (Lipinski definition) is 10. The van der Waals surface area contributed by atoms with Crippen LogP contribution in [0.5, 0.6) is 0 Å². The molecule has 2 saturated heterocycles. The first kappa shape index (κ1) is 23.5. The van der Waals surface area contributed by atoms with Gasteiger partial charge in [0.1, 0.15) is 11.6 Å². The van der Waals surface area contributed by atoms with E-state index in [0.29, 0.717) is 41.3 Å². The van der Waals surface area contributed by atoms with Gasteiger partial charge in [-0.3, -0.25) is 4.68 Å². The van der Waals surface area contributed by atoms with Gasteiger partial charge < -0.3 is 15.0 Å². The van der Waals surface area contributed by atoms with Crippen molar-refractivity contribution in [1.82, 2.24) is 33.9 Å². The number of nitrogens with one attached hydrogen (secondary N) is 1. The predicted octanol–water partition coefficient (Wildman–Crippen LogP) is 3.22. The molecule has 12 nitrogen and oxygen atoms in total. The molecule has 3 aliphatic rings. The predicted molar refractivity (Wildman–Crippen MR) is 144 cm³/mol. The van der Waals surface area contributed by atoms with Gasteiger partial charge in [0.2, 0.25) is 0 Å². The lowest BCUT2D eigenvalue weighted by molar-refractivity contribution is -0.127. The number of ether oxygens (including phenoxy) is 1. The van der Waals surface area contributed by atoms with Crippen molar-refractivity contribution in [3.8, 4) is 11.4 Å². The maximum Gasteiger partial charge on any atom is 0.256 e. The number of anilines is 3. The van der Waals surface area contributed by atoms with Crippen molar-refractivity contribution in [2.45, 2.75) is 44.4 Å². The van der Waals surface area contributed by atoms with E-state index in [2.05, 4.69) is 48.8 Å². The zero-order valence-electron chi connectivity index (χ0n) is 21.3. The zero-order valence-corrected chi connectivity index (χ0v) is 22.1. The van der Waals surface area contributed by atoms with Crippen LogP contribution in [0, 0.1) is 5.41 Å². The Labute approximate surface area is 221 Å². The van der Waals surface area contributed by atoms with Crippen molar-refractivity contribution in [3.63, 3.8) is 0 Å². The molecule has 1 aliphatic carbocycles. The summed E-state index contributed by atoms with van der Waals surface area (Å²) in [6, 6.07) is 3.98. The quantitative estimate of drug-likeness (QED) is 0.357. The Morgan fingerprint density at radius 1 is 1.21 bits per heavy atom. The summed E-state index contributed by atoms with van der Waals surface area (Å²) in [4.78, 5) is 15.9. The lowest BCUT2D eigenvalue weighted by atomic mass is 9.78. The number of fused-ring (bicyclic) bond motifs is 1. The monoisotopic (exact) mass is 537 g/mol. The van der Waals surface area contributed by atoms with Gasteiger partial charge in [-0.2, -0.15) is 14.3 Å². The summed E-state index contributed by atoms with van der Waals surface area (Å²) in [5, 5.41) is 13.0. The van der Waals surface area contributed by atoms with Gasteiger partial charge in [0.25, 0.3) is 10.0 Å². The molecule has 200 valence electrons. The van der Waals surface area contributed by atoms with Crippen molar-refractivity contribution in [2.24, 2.45) is 5.41 Å². The Balaban J connectivity index is 0.00000277. The van der Waals surface area contributed by atoms with E-state index in [1.807, 2.05) is 12.3 Å². The summed E-state index contributed by atoms with van der Waals surface area (Å²) in [6.07, 6.45) is 8.76. The largest absolute Gasteiger partial charge is 0.380 e. The Kier molecular flexibility index (Phi) is 5.24. The van der Waals surface area contributed by atoms with Gasteiger partial charge in [0.05, 0.1) is 52.7 Å². The third-order valence-corrected chi connectivity index (χ3v) is 9.72. The Morgan fingerprint density at radius 2 is 2.03 bits per heavy atom. The molecule has 0 aromatic carbocycles. The third kappa shape index (κ3) is 3.83. The van der Waals surface area contributed by atoms with E-state index in [9.17, 15) is 8.42 Å². The molecule has 4 aromatic heterocycles. The fourth-order valence-electron chi connectivity index (χ4n) is 5.09. The molecular weight excluding hydrogens is 506 g/mol. The van der Waals surface area contributed by atoms with Crippen molar-refractivity contribution < 1.29 is 14.6 Å². The molecule has 1 saturated carbocycles. The summed E-state index contributed by atoms with van der Waals surface area (Å²) in [5.74, 6) is 2.54. The minimum absolute atomic E-state index is 0. The molecule has 1 N–H and O–H groups in total. The summed E-state index contributed by atoms with van der Waals surface area (Å²) in [6.45, 7) is 7.91. The van der Waals surface area contributed by atoms with Crippen molar-refractivity contribution in [1.29, 1.82) is 0 Å². The molecule has 0 amide bonds. The van der Waals surface area contributed by atoms with Crippen LogP contribution < -0.4 is 10.2 Å². The number of hydrogen-bond donors (Lipinski definition) is 1. The van der Waals surface area contributed by atoms with Gasteiger partial charge in [0, 0.05) is 39.0 Å². The first-order valence-electron chi connectivity index (χ1n) is 13.0. The Bertz CT molecular complexity index is 1640. The molecule has 7 rings (SSSR count). The molecule has 13 heteroatoms. The van der Waals surface area contributed by atoms with Crippen LogP contribution >= 0.6 is 0 Å². The van der Waals surface area contributed by atoms with E-state index in [1.165, 1.54) is 12.4 Å². The maximum atomic E-state index is 12.5. The summed E-state index contributed by atoms with van der Waals surface area (Å²) >= 11 is 0. The average Bonchev–Trinajstić information content (AvgIpc) is 3.50. The first-order chi connectivity index (χ1) is 18.3. The molecule has 38 heavy (non-hydrogen) atoms. The normalized spacial score (nSPS) is 19.4. The Morgan fingerprint density at radius 3 is 2.74 bits per heavy atom. The van der Waals surface area contributed by atoms with Crippen LogP contribution in [-0.4, -0.2) is 73.9 Å². The SMILES string of the molecule is CCC(C)n1nc(N2CC3(COC3)C2)c2cnc(Nc3ccnc(-c4cnn(S(=O)(=O)C5CC5)c4)n3)cc21.[HH]. The number of pyridine rings is 1. The Hall–Kier alpha value is -3.58. The molecule has 6 heterocycles. The van der Waals surface area contributed by atoms with Crippen LogP contribution in [0.4, 0.5) is 17.5 Å². The van der Waals surface area contributed by atoms with E-state index >= 15 is 0 Å². The third-order valence-electron chi connectivity index (χ3n) is 7.69. The van der Waals surface area contributed by atoms with Gasteiger partial charge in [-0.15, -0.1) is 0 Å². The minimum atomic E-state index is -3.45. The molecule has 0 radical (unpaired) electrons. The molecule has 1 atom stereocenters. The second-order valence-corrected chi connectivity index (χ2v) is 12.8. The lowest BCUT2D eigenvalue weighted by Crippen LogP contribution is -2.66. The first-order valence-corrected chi connectivity index (χ1v) is 14.5. The highest BCUT2D eigenvalue weighted by Gasteiger charge is 2.50. The molecule has 2 aliphatic heterocycles. The van der Waals surface area contributed by atoms with Crippen LogP contribution in [0.25, 0.3) is 22.3 Å². The van der Waals surface area contributed by atoms with Crippen molar-refractivity contribution in [3.05, 3.63) is 36.9 Å². The van der Waals surface area contributed by atoms with Crippen molar-refractivity contribution >= 4 is 38.4 Å². The lowest BCUT2D eigenvalue weighted by Gasteiger charge is -2.55. The van der Waals surface area contributed by atoms with E-state index < -0.39 is 10.0 Å². The van der Waals surface area contributed by atoms with Gasteiger partial charge in [-0.05, 0) is 32.3 Å². The van der Waals surface area contributed by atoms with Crippen LogP contribution in [0.15, 0.2) is 36.9 Å². The molecule has 3 fully saturated rings. The van der Waals surface area contributed by atoms with Gasteiger partial charge in [0.15, 0.2) is 11.6 Å². The number of rotatable bonds is 8.